The average molecular weight is 437 g/mol. The Morgan fingerprint density at radius 3 is 1.60 bits per heavy atom. The molecule has 1 aromatic heterocycles. The number of furan rings is 1. The van der Waals surface area contributed by atoms with Gasteiger partial charge in [0.15, 0.2) is 10.9 Å². The van der Waals surface area contributed by atoms with Crippen molar-refractivity contribution in [2.75, 3.05) is 5.75 Å². The maximum absolute atomic E-state index is 12.2. The Kier molecular flexibility index (Phi) is 15.4. The van der Waals surface area contributed by atoms with E-state index in [1.807, 2.05) is 32.9 Å². The van der Waals surface area contributed by atoms with Gasteiger partial charge in [0.1, 0.15) is 0 Å². The van der Waals surface area contributed by atoms with Crippen LogP contribution in [-0.2, 0) is 0 Å². The molecule has 0 radical (unpaired) electrons. The van der Waals surface area contributed by atoms with Gasteiger partial charge in [-0.1, -0.05) is 136 Å². The van der Waals surface area contributed by atoms with Crippen molar-refractivity contribution in [2.24, 2.45) is 5.41 Å². The van der Waals surface area contributed by atoms with Crippen molar-refractivity contribution in [3.63, 3.8) is 0 Å². The van der Waals surface area contributed by atoms with Crippen LogP contribution < -0.4 is 0 Å². The number of ketones is 1. The third-order valence-corrected chi connectivity index (χ3v) is 6.73. The fourth-order valence-electron chi connectivity index (χ4n) is 3.71. The van der Waals surface area contributed by atoms with E-state index in [-0.39, 0.29) is 11.2 Å². The van der Waals surface area contributed by atoms with Crippen molar-refractivity contribution >= 4 is 17.5 Å². The summed E-state index contributed by atoms with van der Waals surface area (Å²) in [6, 6.07) is 3.76. The van der Waals surface area contributed by atoms with Gasteiger partial charge in [-0.15, -0.1) is 0 Å². The monoisotopic (exact) mass is 436 g/mol. The molecule has 1 aromatic rings. The van der Waals surface area contributed by atoms with Crippen LogP contribution in [0, 0.1) is 5.41 Å². The SMILES string of the molecule is CCCCCCCCCCCCCCCCCCSc1ccc(C(=O)C(C)(C)C)o1. The minimum absolute atomic E-state index is 0.0803. The van der Waals surface area contributed by atoms with Gasteiger partial charge in [0, 0.05) is 11.2 Å². The molecule has 0 aliphatic rings. The first kappa shape index (κ1) is 27.3. The highest BCUT2D eigenvalue weighted by molar-refractivity contribution is 7.99. The first-order valence-electron chi connectivity index (χ1n) is 12.7. The number of carbonyl (C=O) groups excluding carboxylic acids is 1. The van der Waals surface area contributed by atoms with Gasteiger partial charge in [-0.2, -0.15) is 0 Å². The van der Waals surface area contributed by atoms with Crippen LogP contribution in [0.2, 0.25) is 0 Å². The Balaban J connectivity index is 1.86. The molecule has 0 N–H and O–H groups in total. The van der Waals surface area contributed by atoms with Gasteiger partial charge >= 0.3 is 0 Å². The van der Waals surface area contributed by atoms with E-state index >= 15 is 0 Å². The zero-order chi connectivity index (χ0) is 22.1. The zero-order valence-corrected chi connectivity index (χ0v) is 21.2. The predicted molar refractivity (Wildman–Crippen MR) is 133 cm³/mol. The van der Waals surface area contributed by atoms with Crippen molar-refractivity contribution in [1.82, 2.24) is 0 Å². The molecule has 174 valence electrons. The van der Waals surface area contributed by atoms with Gasteiger partial charge in [0.25, 0.3) is 0 Å². The van der Waals surface area contributed by atoms with Crippen LogP contribution in [0.25, 0.3) is 0 Å². The summed E-state index contributed by atoms with van der Waals surface area (Å²) >= 11 is 1.74. The lowest BCUT2D eigenvalue weighted by Gasteiger charge is -2.13. The minimum Gasteiger partial charge on any atom is -0.447 e. The van der Waals surface area contributed by atoms with Crippen molar-refractivity contribution in [3.05, 3.63) is 17.9 Å². The summed E-state index contributed by atoms with van der Waals surface area (Å²) in [5.74, 6) is 1.66. The van der Waals surface area contributed by atoms with Gasteiger partial charge in [-0.05, 0) is 18.6 Å². The number of hydrogen-bond donors (Lipinski definition) is 0. The topological polar surface area (TPSA) is 30.2 Å². The summed E-state index contributed by atoms with van der Waals surface area (Å²) < 4.78 is 5.71. The number of hydrogen-bond acceptors (Lipinski definition) is 3. The maximum atomic E-state index is 12.2. The Morgan fingerprint density at radius 1 is 0.733 bits per heavy atom. The molecule has 1 heterocycles. The molecule has 1 rings (SSSR count). The molecule has 0 aliphatic carbocycles. The van der Waals surface area contributed by atoms with E-state index in [1.165, 1.54) is 103 Å². The van der Waals surface area contributed by atoms with Crippen molar-refractivity contribution in [1.29, 1.82) is 0 Å². The maximum Gasteiger partial charge on any atom is 0.203 e. The second-order valence-corrected chi connectivity index (χ2v) is 10.9. The van der Waals surface area contributed by atoms with E-state index in [9.17, 15) is 4.79 Å². The smallest absolute Gasteiger partial charge is 0.203 e. The van der Waals surface area contributed by atoms with E-state index < -0.39 is 0 Å². The number of rotatable bonds is 19. The van der Waals surface area contributed by atoms with E-state index in [4.69, 9.17) is 4.42 Å². The zero-order valence-electron chi connectivity index (χ0n) is 20.4. The fraction of sp³-hybridized carbons (Fsp3) is 0.815. The van der Waals surface area contributed by atoms with Gasteiger partial charge in [-0.3, -0.25) is 4.79 Å². The molecular weight excluding hydrogens is 388 g/mol. The van der Waals surface area contributed by atoms with Crippen LogP contribution in [0.1, 0.15) is 141 Å². The lowest BCUT2D eigenvalue weighted by Crippen LogP contribution is -2.19. The first-order valence-corrected chi connectivity index (χ1v) is 13.7. The summed E-state index contributed by atoms with van der Waals surface area (Å²) in [5, 5.41) is 0.878. The highest BCUT2D eigenvalue weighted by Gasteiger charge is 2.25. The van der Waals surface area contributed by atoms with Crippen LogP contribution >= 0.6 is 11.8 Å². The van der Waals surface area contributed by atoms with Crippen LogP contribution in [0.5, 0.6) is 0 Å². The van der Waals surface area contributed by atoms with Crippen LogP contribution in [0.4, 0.5) is 0 Å². The largest absolute Gasteiger partial charge is 0.447 e. The normalized spacial score (nSPS) is 11.9. The van der Waals surface area contributed by atoms with Gasteiger partial charge in [0.05, 0.1) is 0 Å². The molecule has 0 aromatic carbocycles. The van der Waals surface area contributed by atoms with Gasteiger partial charge < -0.3 is 4.42 Å². The average Bonchev–Trinajstić information content (AvgIpc) is 3.17. The van der Waals surface area contributed by atoms with Crippen molar-refractivity contribution in [2.45, 2.75) is 136 Å². The molecular formula is C27H48O2S. The Labute approximate surface area is 191 Å². The Hall–Kier alpha value is -0.700. The van der Waals surface area contributed by atoms with Crippen molar-refractivity contribution in [3.8, 4) is 0 Å². The summed E-state index contributed by atoms with van der Waals surface area (Å²) in [6.45, 7) is 8.08. The molecule has 0 aliphatic heterocycles. The molecule has 30 heavy (non-hydrogen) atoms. The summed E-state index contributed by atoms with van der Waals surface area (Å²) in [5.41, 5.74) is -0.381. The lowest BCUT2D eigenvalue weighted by molar-refractivity contribution is 0.0823. The van der Waals surface area contributed by atoms with E-state index in [1.54, 1.807) is 11.8 Å². The van der Waals surface area contributed by atoms with Crippen LogP contribution in [0.15, 0.2) is 21.6 Å². The van der Waals surface area contributed by atoms with Gasteiger partial charge in [-0.25, -0.2) is 0 Å². The number of Topliss-reactive ketones (excluding diaryl/α,β-unsaturated/α-hetero) is 1. The molecule has 0 saturated carbocycles. The lowest BCUT2D eigenvalue weighted by atomic mass is 9.89. The van der Waals surface area contributed by atoms with E-state index in [2.05, 4.69) is 6.92 Å². The number of thioether (sulfide) groups is 1. The standard InChI is InChI=1S/C27H48O2S/c1-5-6-7-8-9-10-11-12-13-14-15-16-17-18-19-20-23-30-25-22-21-24(29-25)26(28)27(2,3)4/h21-22H,5-20,23H2,1-4H3. The molecule has 0 fully saturated rings. The summed E-state index contributed by atoms with van der Waals surface area (Å²) in [6.07, 6.45) is 22.4. The number of carbonyl (C=O) groups is 1. The summed E-state index contributed by atoms with van der Waals surface area (Å²) in [4.78, 5) is 12.2. The Morgan fingerprint density at radius 2 is 1.17 bits per heavy atom. The molecule has 0 spiro atoms. The molecule has 0 atom stereocenters. The minimum atomic E-state index is -0.381. The molecule has 0 unspecified atom stereocenters. The van der Waals surface area contributed by atoms with E-state index in [0.29, 0.717) is 5.76 Å². The highest BCUT2D eigenvalue weighted by Crippen LogP contribution is 2.27. The second kappa shape index (κ2) is 16.9. The first-order chi connectivity index (χ1) is 14.4. The molecule has 3 heteroatoms. The molecule has 0 bridgehead atoms. The fourth-order valence-corrected chi connectivity index (χ4v) is 4.57. The van der Waals surface area contributed by atoms with Crippen LogP contribution in [-0.4, -0.2) is 11.5 Å². The highest BCUT2D eigenvalue weighted by atomic mass is 32.2. The second-order valence-electron chi connectivity index (χ2n) is 9.85. The summed E-state index contributed by atoms with van der Waals surface area (Å²) in [7, 11) is 0. The van der Waals surface area contributed by atoms with Gasteiger partial charge in [0.2, 0.25) is 5.78 Å². The third kappa shape index (κ3) is 13.6. The van der Waals surface area contributed by atoms with Crippen molar-refractivity contribution < 1.29 is 9.21 Å². The quantitative estimate of drug-likeness (QED) is 0.123. The number of unbranched alkanes of at least 4 members (excludes halogenated alkanes) is 15. The predicted octanol–water partition coefficient (Wildman–Crippen LogP) is 9.86. The molecule has 2 nitrogen and oxygen atoms in total. The van der Waals surface area contributed by atoms with E-state index in [0.717, 1.165) is 10.8 Å². The Bertz CT molecular complexity index is 541. The molecule has 0 saturated heterocycles. The molecule has 0 amide bonds. The van der Waals surface area contributed by atoms with Crippen LogP contribution in [0.3, 0.4) is 0 Å². The third-order valence-electron chi connectivity index (χ3n) is 5.73.